The summed E-state index contributed by atoms with van der Waals surface area (Å²) in [6.45, 7) is 3.36. The molecule has 0 saturated carbocycles. The number of ether oxygens (including phenoxy) is 4. The lowest BCUT2D eigenvalue weighted by atomic mass is 9.98. The van der Waals surface area contributed by atoms with Gasteiger partial charge in [-0.05, 0) is 78.9 Å². The molecule has 6 rings (SSSR count). The summed E-state index contributed by atoms with van der Waals surface area (Å²) in [4.78, 5) is 12.1. The van der Waals surface area contributed by atoms with Crippen molar-refractivity contribution in [3.63, 3.8) is 0 Å². The Labute approximate surface area is 250 Å². The van der Waals surface area contributed by atoms with Crippen LogP contribution in [0.4, 0.5) is 5.95 Å². The van der Waals surface area contributed by atoms with E-state index >= 15 is 0 Å². The summed E-state index contributed by atoms with van der Waals surface area (Å²) < 4.78 is 29.2. The zero-order chi connectivity index (χ0) is 29.8. The van der Waals surface area contributed by atoms with Crippen molar-refractivity contribution < 1.29 is 23.4 Å². The number of anilines is 1. The number of methoxy groups -OCH3 is 4. The quantitative estimate of drug-likeness (QED) is 0.215. The first-order valence-corrected chi connectivity index (χ1v) is 14.3. The van der Waals surface area contributed by atoms with E-state index in [2.05, 4.69) is 22.3 Å². The minimum absolute atomic E-state index is 0.519. The van der Waals surface area contributed by atoms with E-state index in [1.165, 1.54) is 11.1 Å². The van der Waals surface area contributed by atoms with Crippen molar-refractivity contribution in [2.45, 2.75) is 32.4 Å². The molecule has 1 aliphatic rings. The highest BCUT2D eigenvalue weighted by molar-refractivity contribution is 5.58. The number of fused-ring (bicyclic) bond motifs is 2. The molecule has 0 atom stereocenters. The van der Waals surface area contributed by atoms with Gasteiger partial charge in [0.2, 0.25) is 11.8 Å². The second-order valence-corrected chi connectivity index (χ2v) is 10.4. The molecule has 0 unspecified atom stereocenters. The van der Waals surface area contributed by atoms with Crippen LogP contribution < -0.4 is 24.3 Å². The topological polar surface area (TPSA) is 108 Å². The van der Waals surface area contributed by atoms with E-state index in [1.807, 2.05) is 36.5 Å². The summed E-state index contributed by atoms with van der Waals surface area (Å²) in [6.07, 6.45) is 6.28. The van der Waals surface area contributed by atoms with Gasteiger partial charge in [-0.3, -0.25) is 4.90 Å². The van der Waals surface area contributed by atoms with Crippen molar-refractivity contribution in [1.29, 1.82) is 0 Å². The summed E-state index contributed by atoms with van der Waals surface area (Å²) in [6, 6.07) is 13.7. The molecule has 0 spiro atoms. The van der Waals surface area contributed by atoms with Gasteiger partial charge in [-0.25, -0.2) is 9.97 Å². The normalized spacial score (nSPS) is 13.1. The van der Waals surface area contributed by atoms with Gasteiger partial charge in [0.1, 0.15) is 0 Å². The fraction of sp³-hybridized carbons (Fsp3) is 0.344. The van der Waals surface area contributed by atoms with Crippen LogP contribution in [-0.4, -0.2) is 66.0 Å². The van der Waals surface area contributed by atoms with Crippen LogP contribution in [-0.2, 0) is 25.9 Å². The molecule has 0 fully saturated rings. The largest absolute Gasteiger partial charge is 0.493 e. The van der Waals surface area contributed by atoms with E-state index in [4.69, 9.17) is 38.4 Å². The third-order valence-electron chi connectivity index (χ3n) is 7.80. The highest BCUT2D eigenvalue weighted by Gasteiger charge is 2.20. The number of rotatable bonds is 12. The van der Waals surface area contributed by atoms with Crippen LogP contribution in [0.3, 0.4) is 0 Å². The maximum absolute atomic E-state index is 5.60. The lowest BCUT2D eigenvalue weighted by Crippen LogP contribution is -2.31. The molecule has 1 N–H and O–H groups in total. The predicted octanol–water partition coefficient (Wildman–Crippen LogP) is 5.02. The molecule has 3 aromatic heterocycles. The average Bonchev–Trinajstić information content (AvgIpc) is 3.74. The number of hydrogen-bond acceptors (Lipinski definition) is 10. The molecule has 5 aromatic rings. The molecule has 11 nitrogen and oxygen atoms in total. The van der Waals surface area contributed by atoms with E-state index in [0.717, 1.165) is 67.2 Å². The Balaban J connectivity index is 1.18. The second-order valence-electron chi connectivity index (χ2n) is 10.4. The Hall–Kier alpha value is -4.77. The molecule has 0 aliphatic carbocycles. The third-order valence-corrected chi connectivity index (χ3v) is 7.80. The standard InChI is InChI=1S/C32H36N6O5/c1-39-25-10-9-21(15-27(25)40-2)18-33-32-34-19-23(31-35-30(36-38(31)32)26-8-6-14-43-26)7-5-12-37-13-11-22-16-28(41-3)29(42-4)17-24(22)20-37/h6,8-10,14-17,19H,5,7,11-13,18,20H2,1-4H3,(H,33,34). The fourth-order valence-electron chi connectivity index (χ4n) is 5.52. The Morgan fingerprint density at radius 2 is 1.67 bits per heavy atom. The van der Waals surface area contributed by atoms with Crippen LogP contribution in [0.15, 0.2) is 59.3 Å². The maximum Gasteiger partial charge on any atom is 0.226 e. The molecule has 0 saturated heterocycles. The van der Waals surface area contributed by atoms with Gasteiger partial charge in [-0.2, -0.15) is 4.52 Å². The van der Waals surface area contributed by atoms with Gasteiger partial charge in [0.25, 0.3) is 0 Å². The molecule has 2 aromatic carbocycles. The van der Waals surface area contributed by atoms with E-state index in [-0.39, 0.29) is 0 Å². The number of nitrogens with one attached hydrogen (secondary N) is 1. The van der Waals surface area contributed by atoms with Crippen molar-refractivity contribution in [3.05, 3.63) is 77.2 Å². The Morgan fingerprint density at radius 1 is 0.907 bits per heavy atom. The monoisotopic (exact) mass is 584 g/mol. The molecule has 1 aliphatic heterocycles. The first-order valence-electron chi connectivity index (χ1n) is 14.3. The first kappa shape index (κ1) is 28.4. The van der Waals surface area contributed by atoms with E-state index < -0.39 is 0 Å². The SMILES string of the molecule is COc1ccc(CNc2ncc(CCCN3CCc4cc(OC)c(OC)cc4C3)c3nc(-c4ccco4)nn23)cc1OC. The van der Waals surface area contributed by atoms with Crippen molar-refractivity contribution in [3.8, 4) is 34.6 Å². The third kappa shape index (κ3) is 5.94. The second kappa shape index (κ2) is 12.6. The lowest BCUT2D eigenvalue weighted by molar-refractivity contribution is 0.249. The molecule has 0 bridgehead atoms. The van der Waals surface area contributed by atoms with Gasteiger partial charge >= 0.3 is 0 Å². The highest BCUT2D eigenvalue weighted by atomic mass is 16.5. The summed E-state index contributed by atoms with van der Waals surface area (Å²) in [5.41, 5.74) is 5.42. The van der Waals surface area contributed by atoms with Crippen LogP contribution in [0.5, 0.6) is 23.0 Å². The van der Waals surface area contributed by atoms with Gasteiger partial charge in [0.05, 0.1) is 34.7 Å². The van der Waals surface area contributed by atoms with Crippen LogP contribution >= 0.6 is 0 Å². The Morgan fingerprint density at radius 3 is 2.42 bits per heavy atom. The van der Waals surface area contributed by atoms with Gasteiger partial charge in [-0.15, -0.1) is 5.10 Å². The number of aryl methyl sites for hydroxylation is 1. The van der Waals surface area contributed by atoms with Crippen molar-refractivity contribution >= 4 is 11.6 Å². The van der Waals surface area contributed by atoms with Crippen LogP contribution in [0.25, 0.3) is 17.2 Å². The summed E-state index contributed by atoms with van der Waals surface area (Å²) in [5, 5.41) is 8.16. The zero-order valence-electron chi connectivity index (χ0n) is 24.9. The van der Waals surface area contributed by atoms with Gasteiger partial charge in [-0.1, -0.05) is 6.07 Å². The van der Waals surface area contributed by atoms with E-state index in [1.54, 1.807) is 39.2 Å². The zero-order valence-corrected chi connectivity index (χ0v) is 24.9. The smallest absolute Gasteiger partial charge is 0.226 e. The molecule has 0 amide bonds. The maximum atomic E-state index is 5.60. The fourth-order valence-corrected chi connectivity index (χ4v) is 5.52. The summed E-state index contributed by atoms with van der Waals surface area (Å²) in [5.74, 6) is 4.64. The number of hydrogen-bond donors (Lipinski definition) is 1. The van der Waals surface area contributed by atoms with Crippen molar-refractivity contribution in [2.24, 2.45) is 0 Å². The first-order chi connectivity index (χ1) is 21.1. The Bertz CT molecular complexity index is 1700. The minimum atomic E-state index is 0.519. The molecule has 11 heteroatoms. The minimum Gasteiger partial charge on any atom is -0.493 e. The van der Waals surface area contributed by atoms with Crippen LogP contribution in [0, 0.1) is 0 Å². The van der Waals surface area contributed by atoms with Crippen LogP contribution in [0.2, 0.25) is 0 Å². The molecule has 43 heavy (non-hydrogen) atoms. The van der Waals surface area contributed by atoms with Crippen molar-refractivity contribution in [1.82, 2.24) is 24.5 Å². The number of aromatic nitrogens is 4. The van der Waals surface area contributed by atoms with E-state index in [0.29, 0.717) is 35.6 Å². The summed E-state index contributed by atoms with van der Waals surface area (Å²) in [7, 11) is 6.61. The van der Waals surface area contributed by atoms with Gasteiger partial charge < -0.3 is 28.7 Å². The van der Waals surface area contributed by atoms with Gasteiger partial charge in [0.15, 0.2) is 34.4 Å². The Kier molecular flexibility index (Phi) is 8.32. The molecular weight excluding hydrogens is 548 g/mol. The number of furan rings is 1. The van der Waals surface area contributed by atoms with Crippen LogP contribution in [0.1, 0.15) is 28.7 Å². The van der Waals surface area contributed by atoms with Gasteiger partial charge in [0, 0.05) is 31.4 Å². The highest BCUT2D eigenvalue weighted by Crippen LogP contribution is 2.33. The predicted molar refractivity (Wildman–Crippen MR) is 162 cm³/mol. The van der Waals surface area contributed by atoms with Crippen molar-refractivity contribution in [2.75, 3.05) is 46.8 Å². The molecule has 0 radical (unpaired) electrons. The molecule has 224 valence electrons. The average molecular weight is 585 g/mol. The number of nitrogens with zero attached hydrogens (tertiary/aromatic N) is 5. The molecule has 4 heterocycles. The number of benzene rings is 2. The summed E-state index contributed by atoms with van der Waals surface area (Å²) >= 11 is 0. The molecular formula is C32H36N6O5. The van der Waals surface area contributed by atoms with E-state index in [9.17, 15) is 0 Å². The lowest BCUT2D eigenvalue weighted by Gasteiger charge is -2.29.